The third-order valence-corrected chi connectivity index (χ3v) is 6.15. The molecule has 1 heterocycles. The molecule has 2 atom stereocenters. The molecule has 3 heteroatoms. The van der Waals surface area contributed by atoms with E-state index >= 15 is 0 Å². The number of hydrogen-bond acceptors (Lipinski definition) is 3. The number of rotatable bonds is 2. The zero-order valence-electron chi connectivity index (χ0n) is 12.0. The largest absolute Gasteiger partial charge is 0.300 e. The molecular formula is C15H26N2S. The Hall–Kier alpha value is -0.200. The van der Waals surface area contributed by atoms with Crippen molar-refractivity contribution in [3.63, 3.8) is 0 Å². The zero-order valence-corrected chi connectivity index (χ0v) is 12.8. The molecule has 0 N–H and O–H groups in total. The summed E-state index contributed by atoms with van der Waals surface area (Å²) < 4.78 is -0.0948. The van der Waals surface area contributed by atoms with Crippen molar-refractivity contribution in [3.05, 3.63) is 0 Å². The smallest absolute Gasteiger partial charge is 0.104 e. The summed E-state index contributed by atoms with van der Waals surface area (Å²) in [4.78, 5) is 2.66. The molecule has 1 aliphatic carbocycles. The first-order valence-electron chi connectivity index (χ1n) is 7.29. The highest BCUT2D eigenvalue weighted by Crippen LogP contribution is 2.38. The zero-order chi connectivity index (χ0) is 13.2. The molecule has 0 aromatic rings. The number of likely N-dealkylation sites (tertiary alicyclic amines) is 1. The van der Waals surface area contributed by atoms with Crippen LogP contribution >= 0.6 is 11.8 Å². The van der Waals surface area contributed by atoms with Crippen molar-refractivity contribution in [2.75, 3.05) is 19.3 Å². The van der Waals surface area contributed by atoms with Gasteiger partial charge in [0, 0.05) is 19.1 Å². The number of nitriles is 1. The summed E-state index contributed by atoms with van der Waals surface area (Å²) in [7, 11) is 0. The lowest BCUT2D eigenvalue weighted by atomic mass is 9.79. The van der Waals surface area contributed by atoms with Crippen LogP contribution in [0.2, 0.25) is 0 Å². The van der Waals surface area contributed by atoms with Gasteiger partial charge >= 0.3 is 0 Å². The van der Waals surface area contributed by atoms with E-state index in [1.807, 2.05) is 0 Å². The Morgan fingerprint density at radius 3 is 2.11 bits per heavy atom. The molecule has 1 saturated carbocycles. The molecule has 2 unspecified atom stereocenters. The Kier molecular flexibility index (Phi) is 4.61. The van der Waals surface area contributed by atoms with Crippen LogP contribution in [0.5, 0.6) is 0 Å². The summed E-state index contributed by atoms with van der Waals surface area (Å²) in [5.41, 5.74) is 0. The number of piperidine rings is 1. The Balaban J connectivity index is 1.91. The lowest BCUT2D eigenvalue weighted by Crippen LogP contribution is -2.48. The third kappa shape index (κ3) is 3.03. The van der Waals surface area contributed by atoms with Gasteiger partial charge in [0.25, 0.3) is 0 Å². The van der Waals surface area contributed by atoms with Crippen LogP contribution < -0.4 is 0 Å². The Morgan fingerprint density at radius 1 is 1.11 bits per heavy atom. The fraction of sp³-hybridized carbons (Fsp3) is 0.933. The van der Waals surface area contributed by atoms with Gasteiger partial charge in [0.05, 0.1) is 6.07 Å². The van der Waals surface area contributed by atoms with Gasteiger partial charge in [-0.05, 0) is 50.2 Å². The molecular weight excluding hydrogens is 240 g/mol. The maximum Gasteiger partial charge on any atom is 0.104 e. The SMILES string of the molecule is CSC1(C#N)CCN(C2CC(C)CC(C)C2)CC1. The van der Waals surface area contributed by atoms with Crippen LogP contribution in [-0.2, 0) is 0 Å². The summed E-state index contributed by atoms with van der Waals surface area (Å²) in [5.74, 6) is 1.75. The quantitative estimate of drug-likeness (QED) is 0.765. The Bertz CT molecular complexity index is 305. The van der Waals surface area contributed by atoms with Crippen molar-refractivity contribution in [1.29, 1.82) is 5.26 Å². The first-order valence-corrected chi connectivity index (χ1v) is 8.51. The molecule has 0 aromatic heterocycles. The molecule has 1 aliphatic heterocycles. The lowest BCUT2D eigenvalue weighted by molar-refractivity contribution is 0.0878. The minimum Gasteiger partial charge on any atom is -0.300 e. The van der Waals surface area contributed by atoms with Gasteiger partial charge < -0.3 is 4.90 Å². The fourth-order valence-electron chi connectivity index (χ4n) is 3.81. The van der Waals surface area contributed by atoms with Crippen LogP contribution in [0.4, 0.5) is 0 Å². The molecule has 0 amide bonds. The number of hydrogen-bond donors (Lipinski definition) is 0. The summed E-state index contributed by atoms with van der Waals surface area (Å²) in [6.07, 6.45) is 8.31. The standard InChI is InChI=1S/C15H26N2S/c1-12-8-13(2)10-14(9-12)17-6-4-15(11-16,18-3)5-7-17/h12-14H,4-10H2,1-3H3. The monoisotopic (exact) mass is 266 g/mol. The molecule has 2 aliphatic rings. The second-order valence-corrected chi connectivity index (χ2v) is 7.61. The van der Waals surface area contributed by atoms with Gasteiger partial charge in [0.1, 0.15) is 4.75 Å². The van der Waals surface area contributed by atoms with E-state index in [0.717, 1.165) is 43.8 Å². The molecule has 0 aromatic carbocycles. The maximum atomic E-state index is 9.33. The molecule has 18 heavy (non-hydrogen) atoms. The van der Waals surface area contributed by atoms with Gasteiger partial charge in [-0.2, -0.15) is 5.26 Å². The highest BCUT2D eigenvalue weighted by molar-refractivity contribution is 8.00. The van der Waals surface area contributed by atoms with E-state index < -0.39 is 0 Å². The fourth-order valence-corrected chi connectivity index (χ4v) is 4.50. The molecule has 2 rings (SSSR count). The number of thioether (sulfide) groups is 1. The van der Waals surface area contributed by atoms with Crippen molar-refractivity contribution in [3.8, 4) is 6.07 Å². The van der Waals surface area contributed by atoms with Gasteiger partial charge in [-0.3, -0.25) is 0 Å². The van der Waals surface area contributed by atoms with Crippen LogP contribution in [-0.4, -0.2) is 35.0 Å². The van der Waals surface area contributed by atoms with E-state index in [1.165, 1.54) is 19.3 Å². The van der Waals surface area contributed by atoms with Crippen molar-refractivity contribution in [2.45, 2.75) is 56.7 Å². The highest BCUT2D eigenvalue weighted by atomic mass is 32.2. The van der Waals surface area contributed by atoms with Crippen LogP contribution in [0.15, 0.2) is 0 Å². The van der Waals surface area contributed by atoms with E-state index in [2.05, 4.69) is 31.1 Å². The van der Waals surface area contributed by atoms with Gasteiger partial charge in [-0.15, -0.1) is 11.8 Å². The Morgan fingerprint density at radius 2 is 1.67 bits per heavy atom. The van der Waals surface area contributed by atoms with Crippen LogP contribution in [0.1, 0.15) is 46.0 Å². The predicted octanol–water partition coefficient (Wildman–Crippen LogP) is 3.53. The van der Waals surface area contributed by atoms with Crippen molar-refractivity contribution < 1.29 is 0 Å². The van der Waals surface area contributed by atoms with Crippen molar-refractivity contribution in [1.82, 2.24) is 4.90 Å². The van der Waals surface area contributed by atoms with E-state index in [0.29, 0.717) is 0 Å². The van der Waals surface area contributed by atoms with E-state index in [-0.39, 0.29) is 4.75 Å². The summed E-state index contributed by atoms with van der Waals surface area (Å²) in [6, 6.07) is 3.32. The van der Waals surface area contributed by atoms with Crippen LogP contribution in [0.3, 0.4) is 0 Å². The van der Waals surface area contributed by atoms with E-state index in [4.69, 9.17) is 0 Å². The molecule has 0 radical (unpaired) electrons. The van der Waals surface area contributed by atoms with Crippen molar-refractivity contribution in [2.24, 2.45) is 11.8 Å². The van der Waals surface area contributed by atoms with Crippen molar-refractivity contribution >= 4 is 11.8 Å². The highest BCUT2D eigenvalue weighted by Gasteiger charge is 2.37. The maximum absolute atomic E-state index is 9.33. The average Bonchev–Trinajstić information content (AvgIpc) is 2.38. The molecule has 1 saturated heterocycles. The molecule has 2 nitrogen and oxygen atoms in total. The van der Waals surface area contributed by atoms with Gasteiger partial charge in [0.2, 0.25) is 0 Å². The average molecular weight is 266 g/mol. The predicted molar refractivity (Wildman–Crippen MR) is 78.6 cm³/mol. The Labute approximate surface area is 116 Å². The number of nitrogens with zero attached hydrogens (tertiary/aromatic N) is 2. The van der Waals surface area contributed by atoms with Gasteiger partial charge in [0.15, 0.2) is 0 Å². The normalized spacial score (nSPS) is 37.1. The van der Waals surface area contributed by atoms with E-state index in [9.17, 15) is 5.26 Å². The summed E-state index contributed by atoms with van der Waals surface area (Å²) in [6.45, 7) is 7.04. The van der Waals surface area contributed by atoms with Crippen LogP contribution in [0, 0.1) is 23.2 Å². The molecule has 2 fully saturated rings. The topological polar surface area (TPSA) is 27.0 Å². The summed E-state index contributed by atoms with van der Waals surface area (Å²) in [5, 5.41) is 9.33. The van der Waals surface area contributed by atoms with Gasteiger partial charge in [-0.25, -0.2) is 0 Å². The molecule has 102 valence electrons. The summed E-state index contributed by atoms with van der Waals surface area (Å²) >= 11 is 1.76. The molecule has 0 spiro atoms. The van der Waals surface area contributed by atoms with Crippen LogP contribution in [0.25, 0.3) is 0 Å². The van der Waals surface area contributed by atoms with Gasteiger partial charge in [-0.1, -0.05) is 13.8 Å². The second-order valence-electron chi connectivity index (χ2n) is 6.42. The third-order valence-electron chi connectivity index (χ3n) is 4.87. The minimum atomic E-state index is -0.0948. The molecule has 0 bridgehead atoms. The first-order chi connectivity index (χ1) is 8.58. The lowest BCUT2D eigenvalue weighted by Gasteiger charge is -2.44. The minimum absolute atomic E-state index is 0.0948. The first kappa shape index (κ1) is 14.2. The second kappa shape index (κ2) is 5.84. The van der Waals surface area contributed by atoms with E-state index in [1.54, 1.807) is 11.8 Å².